The molecule has 0 spiro atoms. The minimum Gasteiger partial charge on any atom is -0.354 e. The zero-order valence-electron chi connectivity index (χ0n) is 16.0. The molecule has 4 rings (SSSR count). The number of carbonyl (C=O) groups excluding carboxylic acids is 1. The van der Waals surface area contributed by atoms with E-state index in [1.165, 1.54) is 0 Å². The molecule has 0 aromatic heterocycles. The van der Waals surface area contributed by atoms with Crippen LogP contribution in [0.4, 0.5) is 5.95 Å². The molecule has 2 aliphatic heterocycles. The van der Waals surface area contributed by atoms with Crippen LogP contribution in [0.2, 0.25) is 5.02 Å². The number of rotatable bonds is 4. The Hall–Kier alpha value is -2.93. The number of hydrogen-bond donors (Lipinski definition) is 3. The first-order chi connectivity index (χ1) is 14.0. The van der Waals surface area contributed by atoms with Crippen molar-refractivity contribution in [3.8, 4) is 22.5 Å². The SMILES string of the molecule is CC(=O)N[C@H]1CC[C@H](Nc2ncc3cc(-c4ccccc4Cl)c(=O)nc-3[nH]2)CC1. The topological polar surface area (TPSA) is 99.8 Å². The van der Waals surface area contributed by atoms with Gasteiger partial charge in [-0.2, -0.15) is 4.98 Å². The average Bonchev–Trinajstić information content (AvgIpc) is 2.69. The van der Waals surface area contributed by atoms with Gasteiger partial charge < -0.3 is 15.6 Å². The van der Waals surface area contributed by atoms with E-state index in [4.69, 9.17) is 11.6 Å². The van der Waals surface area contributed by atoms with Crippen LogP contribution in [0.15, 0.2) is 41.3 Å². The van der Waals surface area contributed by atoms with Gasteiger partial charge in [-0.25, -0.2) is 4.98 Å². The number of benzene rings is 1. The predicted molar refractivity (Wildman–Crippen MR) is 113 cm³/mol. The molecule has 1 aromatic carbocycles. The van der Waals surface area contributed by atoms with Crippen LogP contribution in [0.3, 0.4) is 0 Å². The first-order valence-electron chi connectivity index (χ1n) is 9.68. The summed E-state index contributed by atoms with van der Waals surface area (Å²) in [5.41, 5.74) is 1.51. The van der Waals surface area contributed by atoms with Crippen molar-refractivity contribution in [2.75, 3.05) is 5.32 Å². The third-order valence-electron chi connectivity index (χ3n) is 5.23. The van der Waals surface area contributed by atoms with Gasteiger partial charge in [0.1, 0.15) is 5.82 Å². The molecule has 2 heterocycles. The van der Waals surface area contributed by atoms with Gasteiger partial charge in [-0.1, -0.05) is 29.8 Å². The average molecular weight is 412 g/mol. The second-order valence-electron chi connectivity index (χ2n) is 7.38. The molecule has 0 saturated heterocycles. The molecular weight excluding hydrogens is 390 g/mol. The van der Waals surface area contributed by atoms with Gasteiger partial charge in [0, 0.05) is 41.4 Å². The molecule has 3 N–H and O–H groups in total. The molecule has 3 aliphatic rings. The van der Waals surface area contributed by atoms with Crippen molar-refractivity contribution < 1.29 is 4.79 Å². The number of aromatic nitrogens is 3. The molecule has 7 nitrogen and oxygen atoms in total. The first kappa shape index (κ1) is 19.4. The van der Waals surface area contributed by atoms with Crippen LogP contribution < -0.4 is 16.2 Å². The molecular formula is C21H22ClN5O2. The van der Waals surface area contributed by atoms with E-state index in [1.54, 1.807) is 31.3 Å². The maximum atomic E-state index is 12.5. The zero-order valence-corrected chi connectivity index (χ0v) is 16.8. The van der Waals surface area contributed by atoms with Gasteiger partial charge >= 0.3 is 0 Å². The second-order valence-corrected chi connectivity index (χ2v) is 7.79. The Labute approximate surface area is 173 Å². The van der Waals surface area contributed by atoms with Crippen LogP contribution in [0, 0.1) is 0 Å². The Bertz CT molecular complexity index is 1060. The lowest BCUT2D eigenvalue weighted by Gasteiger charge is -2.29. The van der Waals surface area contributed by atoms with Crippen LogP contribution in [0.5, 0.6) is 0 Å². The van der Waals surface area contributed by atoms with Gasteiger partial charge in [-0.3, -0.25) is 9.59 Å². The number of aromatic amines is 1. The van der Waals surface area contributed by atoms with Crippen molar-refractivity contribution in [3.63, 3.8) is 0 Å². The van der Waals surface area contributed by atoms with Gasteiger partial charge in [0.05, 0.1) is 5.56 Å². The van der Waals surface area contributed by atoms with Gasteiger partial charge in [0.2, 0.25) is 11.9 Å². The number of amides is 1. The molecule has 0 unspecified atom stereocenters. The number of nitrogens with one attached hydrogen (secondary N) is 3. The summed E-state index contributed by atoms with van der Waals surface area (Å²) in [5, 5.41) is 6.86. The van der Waals surface area contributed by atoms with Gasteiger partial charge in [-0.15, -0.1) is 0 Å². The quantitative estimate of drug-likeness (QED) is 0.610. The van der Waals surface area contributed by atoms with Crippen LogP contribution >= 0.6 is 11.6 Å². The van der Waals surface area contributed by atoms with E-state index >= 15 is 0 Å². The summed E-state index contributed by atoms with van der Waals surface area (Å²) in [6.45, 7) is 1.55. The van der Waals surface area contributed by atoms with Gasteiger partial charge in [-0.05, 0) is 37.8 Å². The summed E-state index contributed by atoms with van der Waals surface area (Å²) in [7, 11) is 0. The van der Waals surface area contributed by atoms with E-state index < -0.39 is 0 Å². The van der Waals surface area contributed by atoms with Gasteiger partial charge in [0.15, 0.2) is 0 Å². The van der Waals surface area contributed by atoms with Crippen molar-refractivity contribution in [2.45, 2.75) is 44.7 Å². The monoisotopic (exact) mass is 411 g/mol. The van der Waals surface area contributed by atoms with E-state index in [0.29, 0.717) is 27.9 Å². The molecule has 1 aliphatic carbocycles. The number of H-pyrrole nitrogens is 1. The largest absolute Gasteiger partial charge is 0.354 e. The van der Waals surface area contributed by atoms with E-state index in [1.807, 2.05) is 12.1 Å². The molecule has 1 amide bonds. The van der Waals surface area contributed by atoms with E-state index in [9.17, 15) is 9.59 Å². The fourth-order valence-electron chi connectivity index (χ4n) is 3.80. The summed E-state index contributed by atoms with van der Waals surface area (Å²) in [5.74, 6) is 1.08. The minimum atomic E-state index is -0.338. The molecule has 29 heavy (non-hydrogen) atoms. The normalized spacial score (nSPS) is 19.1. The Morgan fingerprint density at radius 3 is 2.59 bits per heavy atom. The highest BCUT2D eigenvalue weighted by Crippen LogP contribution is 2.28. The highest BCUT2D eigenvalue weighted by atomic mass is 35.5. The molecule has 8 heteroatoms. The van der Waals surface area contributed by atoms with Crippen molar-refractivity contribution in [1.29, 1.82) is 0 Å². The lowest BCUT2D eigenvalue weighted by Crippen LogP contribution is -2.39. The summed E-state index contributed by atoms with van der Waals surface area (Å²) in [4.78, 5) is 35.5. The van der Waals surface area contributed by atoms with Crippen molar-refractivity contribution in [2.24, 2.45) is 0 Å². The van der Waals surface area contributed by atoms with E-state index in [0.717, 1.165) is 31.2 Å². The summed E-state index contributed by atoms with van der Waals surface area (Å²) in [6, 6.07) is 9.47. The predicted octanol–water partition coefficient (Wildman–Crippen LogP) is 3.45. The molecule has 0 atom stereocenters. The van der Waals surface area contributed by atoms with Crippen LogP contribution in [-0.4, -0.2) is 32.9 Å². The highest BCUT2D eigenvalue weighted by Gasteiger charge is 2.22. The summed E-state index contributed by atoms with van der Waals surface area (Å²) >= 11 is 6.23. The standard InChI is InChI=1S/C21H22ClN5O2/c1-12(28)24-14-6-8-15(9-7-14)25-21-23-11-13-10-17(20(29)26-19(13)27-21)16-4-2-3-5-18(16)22/h2-5,10-11,14-15H,6-9H2,1H3,(H,24,28)(H2,23,25,26,27,29)/t14-,15-. The Kier molecular flexibility index (Phi) is 5.49. The summed E-state index contributed by atoms with van der Waals surface area (Å²) < 4.78 is 0. The van der Waals surface area contributed by atoms with Crippen LogP contribution in [-0.2, 0) is 4.79 Å². The van der Waals surface area contributed by atoms with Crippen LogP contribution in [0.25, 0.3) is 22.5 Å². The van der Waals surface area contributed by atoms with Gasteiger partial charge in [0.25, 0.3) is 5.56 Å². The molecule has 0 bridgehead atoms. The number of carbonyl (C=O) groups is 1. The van der Waals surface area contributed by atoms with Crippen LogP contribution in [0.1, 0.15) is 32.6 Å². The number of halogens is 1. The van der Waals surface area contributed by atoms with E-state index in [2.05, 4.69) is 25.6 Å². The molecule has 1 saturated carbocycles. The maximum absolute atomic E-state index is 12.5. The van der Waals surface area contributed by atoms with Crippen molar-refractivity contribution in [3.05, 3.63) is 51.9 Å². The minimum absolute atomic E-state index is 0.0154. The number of pyridine rings is 1. The first-order valence-corrected chi connectivity index (χ1v) is 10.1. The molecule has 1 fully saturated rings. The fourth-order valence-corrected chi connectivity index (χ4v) is 4.04. The summed E-state index contributed by atoms with van der Waals surface area (Å²) in [6.07, 6.45) is 5.42. The molecule has 0 radical (unpaired) electrons. The lowest BCUT2D eigenvalue weighted by molar-refractivity contribution is -0.119. The maximum Gasteiger partial charge on any atom is 0.279 e. The number of anilines is 1. The zero-order chi connectivity index (χ0) is 20.4. The smallest absolute Gasteiger partial charge is 0.279 e. The number of hydrogen-bond acceptors (Lipinski definition) is 5. The highest BCUT2D eigenvalue weighted by molar-refractivity contribution is 6.33. The third-order valence-corrected chi connectivity index (χ3v) is 5.56. The number of fused-ring (bicyclic) bond motifs is 1. The Balaban J connectivity index is 1.52. The lowest BCUT2D eigenvalue weighted by atomic mass is 9.91. The Morgan fingerprint density at radius 2 is 1.86 bits per heavy atom. The van der Waals surface area contributed by atoms with Crippen molar-refractivity contribution >= 4 is 23.5 Å². The van der Waals surface area contributed by atoms with Crippen molar-refractivity contribution in [1.82, 2.24) is 20.3 Å². The number of nitrogens with zero attached hydrogens (tertiary/aromatic N) is 2. The second kappa shape index (κ2) is 8.21. The molecule has 1 aromatic rings. The Morgan fingerprint density at radius 1 is 1.14 bits per heavy atom. The third kappa shape index (κ3) is 4.40. The van der Waals surface area contributed by atoms with E-state index in [-0.39, 0.29) is 23.6 Å². The molecule has 150 valence electrons. The fraction of sp³-hybridized carbons (Fsp3) is 0.333.